The molecule has 0 aliphatic carbocycles. The number of Topliss-reactive ketones (excluding diaryl/α,β-unsaturated/α-hetero) is 2. The average molecular weight is 1200 g/mol. The van der Waals surface area contributed by atoms with Crippen molar-refractivity contribution in [2.45, 2.75) is 206 Å². The second-order valence-corrected chi connectivity index (χ2v) is 21.2. The normalized spacial score (nSPS) is 13.0. The summed E-state index contributed by atoms with van der Waals surface area (Å²) < 4.78 is 20.6. The van der Waals surface area contributed by atoms with E-state index in [1.165, 1.54) is 83.5 Å². The minimum absolute atomic E-state index is 0.0147. The van der Waals surface area contributed by atoms with Crippen LogP contribution in [-0.4, -0.2) is 195 Å². The Hall–Kier alpha value is -5.40. The minimum Gasteiger partial charge on any atom is -0.481 e. The number of ketones is 2. The van der Waals surface area contributed by atoms with Gasteiger partial charge in [-0.05, 0) is 98.7 Å². The number of carbonyl (C=O) groups is 9. The molecule has 84 heavy (non-hydrogen) atoms. The molecule has 2 rings (SSSR count). The van der Waals surface area contributed by atoms with Gasteiger partial charge in [0, 0.05) is 76.3 Å². The lowest BCUT2D eigenvalue weighted by atomic mass is 9.95. The number of aromatic nitrogens is 2. The molecule has 9 N–H and O–H groups in total. The van der Waals surface area contributed by atoms with E-state index in [4.69, 9.17) is 24.1 Å². The Morgan fingerprint density at radius 3 is 1.62 bits per heavy atom. The Labute approximate surface area is 499 Å². The number of H-pyrrole nitrogens is 1. The smallest absolute Gasteiger partial charge is 0.326 e. The van der Waals surface area contributed by atoms with Gasteiger partial charge >= 0.3 is 17.9 Å². The Morgan fingerprint density at radius 1 is 0.583 bits per heavy atom. The molecule has 24 nitrogen and oxygen atoms in total. The third-order valence-corrected chi connectivity index (χ3v) is 13.7. The van der Waals surface area contributed by atoms with Crippen molar-refractivity contribution >= 4 is 53.1 Å². The van der Waals surface area contributed by atoms with Crippen molar-refractivity contribution < 1.29 is 77.4 Å². The zero-order valence-corrected chi connectivity index (χ0v) is 51.4. The van der Waals surface area contributed by atoms with Crippen LogP contribution in [0.1, 0.15) is 193 Å². The topological polar surface area (TPSA) is 343 Å². The van der Waals surface area contributed by atoms with Crippen LogP contribution in [0, 0.1) is 5.92 Å². The number of hydrogen-bond donors (Lipinski definition) is 9. The van der Waals surface area contributed by atoms with Gasteiger partial charge in [0.25, 0.3) is 0 Å². The molecule has 0 saturated carbocycles. The summed E-state index contributed by atoms with van der Waals surface area (Å²) in [6.07, 6.45) is 28.4. The summed E-state index contributed by atoms with van der Waals surface area (Å²) in [5.74, 6) is -3.69. The molecule has 1 aromatic rings. The number of rotatable bonds is 52. The van der Waals surface area contributed by atoms with E-state index in [0.717, 1.165) is 44.5 Å². The number of nitrogens with zero attached hydrogens (tertiary/aromatic N) is 2. The van der Waals surface area contributed by atoms with Crippen LogP contribution < -0.4 is 26.6 Å². The van der Waals surface area contributed by atoms with Crippen LogP contribution in [0.5, 0.6) is 0 Å². The zero-order chi connectivity index (χ0) is 62.3. The van der Waals surface area contributed by atoms with Gasteiger partial charge in [0.15, 0.2) is 0 Å². The predicted molar refractivity (Wildman–Crippen MR) is 319 cm³/mol. The number of aliphatic carboxylic acids is 3. The summed E-state index contributed by atoms with van der Waals surface area (Å²) in [6, 6.07) is -1.87. The number of piperidine rings is 1. The lowest BCUT2D eigenvalue weighted by molar-refractivity contribution is -0.143. The molecule has 1 aromatic heterocycles. The maximum atomic E-state index is 12.3. The van der Waals surface area contributed by atoms with Crippen LogP contribution in [0.25, 0.3) is 0 Å². The number of imidazole rings is 1. The fourth-order valence-corrected chi connectivity index (χ4v) is 8.69. The number of nitrogens with one attached hydrogen (secondary N) is 6. The summed E-state index contributed by atoms with van der Waals surface area (Å²) in [5, 5.41) is 40.5. The SMILES string of the molecule is CC(=O)CCCCCCCCCCCCCCCCCCC(=O)O.CCOCC(=O)NCCCC[C@H](NCC(=O)CCc1cnc[nH]1)C(=O)O.CCOCCNC(=O)COCCOCCNC(=O)CCC(NC(=O)C1CCN(C)CC1)C(=O)O. The summed E-state index contributed by atoms with van der Waals surface area (Å²) in [5.41, 5.74) is 0.875. The number of unbranched alkanes of at least 4 members (excludes halogenated alkanes) is 16. The van der Waals surface area contributed by atoms with Gasteiger partial charge < -0.3 is 70.2 Å². The first-order valence-electron chi connectivity index (χ1n) is 31.0. The Kier molecular flexibility index (Phi) is 51.9. The molecule has 1 fully saturated rings. The molecular formula is C60H108N8O16. The van der Waals surface area contributed by atoms with Gasteiger partial charge in [-0.1, -0.05) is 89.9 Å². The number of ether oxygens (including phenoxy) is 4. The fourth-order valence-electron chi connectivity index (χ4n) is 8.69. The van der Waals surface area contributed by atoms with Gasteiger partial charge in [0.2, 0.25) is 23.6 Å². The molecule has 2 heterocycles. The van der Waals surface area contributed by atoms with Crippen molar-refractivity contribution in [3.05, 3.63) is 18.2 Å². The molecule has 0 spiro atoms. The molecule has 0 aromatic carbocycles. The quantitative estimate of drug-likeness (QED) is 0.0341. The molecule has 1 aliphatic heterocycles. The summed E-state index contributed by atoms with van der Waals surface area (Å²) >= 11 is 0. The molecule has 1 aliphatic rings. The number of carboxylic acid groups (broad SMARTS) is 3. The van der Waals surface area contributed by atoms with E-state index < -0.39 is 30.0 Å². The Balaban J connectivity index is 0.00000125. The van der Waals surface area contributed by atoms with E-state index in [1.807, 2.05) is 20.9 Å². The van der Waals surface area contributed by atoms with E-state index in [0.29, 0.717) is 90.1 Å². The predicted octanol–water partition coefficient (Wildman–Crippen LogP) is 5.94. The molecule has 0 radical (unpaired) electrons. The number of carbonyl (C=O) groups excluding carboxylic acids is 6. The standard InChI is InChI=1S/C22H40N4O8.C21H40O3.C17H28N4O5/c1-3-32-12-8-24-20(28)16-34-15-14-33-13-9-23-19(27)5-4-18(22(30)31)25-21(29)17-6-10-26(2)11-7-17;1-20(22)18-16-14-12-10-8-6-4-2-3-5-7-9-11-13-15-17-19-21(23)24;1-2-26-11-16(23)19-8-4-3-5-15(17(24)25)20-10-14(22)7-6-13-9-18-12-21-13/h17-18H,3-16H2,1-2H3,(H,23,27)(H,24,28)(H,25,29)(H,30,31);2-19H2,1H3,(H,23,24);9,12,15,20H,2-8,10-11H2,1H3,(H,18,21)(H,19,23)(H,24,25)/t;;15-/m..0/s1. The highest BCUT2D eigenvalue weighted by Crippen LogP contribution is 2.17. The van der Waals surface area contributed by atoms with Crippen LogP contribution in [0.4, 0.5) is 0 Å². The van der Waals surface area contributed by atoms with E-state index >= 15 is 0 Å². The first kappa shape index (κ1) is 78.6. The molecule has 0 bridgehead atoms. The van der Waals surface area contributed by atoms with Gasteiger partial charge in [-0.25, -0.2) is 9.78 Å². The third kappa shape index (κ3) is 51.1. The number of carboxylic acids is 3. The van der Waals surface area contributed by atoms with Crippen LogP contribution in [0.2, 0.25) is 0 Å². The lowest BCUT2D eigenvalue weighted by Crippen LogP contribution is -2.46. The molecule has 2 atom stereocenters. The number of amides is 4. The highest BCUT2D eigenvalue weighted by Gasteiger charge is 2.28. The monoisotopic (exact) mass is 1200 g/mol. The number of likely N-dealkylation sites (tertiary alicyclic amines) is 1. The van der Waals surface area contributed by atoms with E-state index in [9.17, 15) is 53.4 Å². The first-order valence-corrected chi connectivity index (χ1v) is 31.0. The molecule has 484 valence electrons. The Morgan fingerprint density at radius 2 is 1.10 bits per heavy atom. The zero-order valence-electron chi connectivity index (χ0n) is 51.4. The van der Waals surface area contributed by atoms with Crippen molar-refractivity contribution in [3.63, 3.8) is 0 Å². The molecule has 4 amide bonds. The van der Waals surface area contributed by atoms with E-state index in [2.05, 4.69) is 41.5 Å². The highest BCUT2D eigenvalue weighted by molar-refractivity contribution is 5.86. The molecule has 1 saturated heterocycles. The van der Waals surface area contributed by atoms with Gasteiger partial charge in [-0.3, -0.25) is 38.9 Å². The van der Waals surface area contributed by atoms with Gasteiger partial charge in [-0.15, -0.1) is 0 Å². The second-order valence-electron chi connectivity index (χ2n) is 21.2. The van der Waals surface area contributed by atoms with Crippen LogP contribution >= 0.6 is 0 Å². The summed E-state index contributed by atoms with van der Waals surface area (Å²) in [6.45, 7) is 10.5. The summed E-state index contributed by atoms with van der Waals surface area (Å²) in [4.78, 5) is 112. The van der Waals surface area contributed by atoms with Crippen molar-refractivity contribution in [2.75, 3.05) is 99.2 Å². The third-order valence-electron chi connectivity index (χ3n) is 13.7. The van der Waals surface area contributed by atoms with Gasteiger partial charge in [-0.2, -0.15) is 0 Å². The second kappa shape index (κ2) is 55.5. The van der Waals surface area contributed by atoms with E-state index in [-0.39, 0.29) is 94.3 Å². The summed E-state index contributed by atoms with van der Waals surface area (Å²) in [7, 11) is 1.99. The minimum atomic E-state index is -1.15. The van der Waals surface area contributed by atoms with Gasteiger partial charge in [0.05, 0.1) is 39.3 Å². The average Bonchev–Trinajstić information content (AvgIpc) is 4.13. The van der Waals surface area contributed by atoms with Crippen molar-refractivity contribution in [2.24, 2.45) is 5.92 Å². The highest BCUT2D eigenvalue weighted by atomic mass is 16.5. The number of aryl methyl sites for hydroxylation is 1. The molecule has 24 heteroatoms. The van der Waals surface area contributed by atoms with Crippen molar-refractivity contribution in [1.82, 2.24) is 41.5 Å². The molecule has 1 unspecified atom stereocenters. The first-order chi connectivity index (χ1) is 40.5. The lowest BCUT2D eigenvalue weighted by Gasteiger charge is -2.28. The van der Waals surface area contributed by atoms with Crippen LogP contribution in [0.3, 0.4) is 0 Å². The van der Waals surface area contributed by atoms with Crippen LogP contribution in [0.15, 0.2) is 12.5 Å². The largest absolute Gasteiger partial charge is 0.481 e. The maximum Gasteiger partial charge on any atom is 0.326 e. The maximum absolute atomic E-state index is 12.3. The number of hydrogen-bond acceptors (Lipinski definition) is 16. The van der Waals surface area contributed by atoms with Crippen molar-refractivity contribution in [3.8, 4) is 0 Å². The Bertz CT molecular complexity index is 1860. The van der Waals surface area contributed by atoms with E-state index in [1.54, 1.807) is 19.4 Å². The fraction of sp³-hybridized carbons (Fsp3) is 0.800. The number of aromatic amines is 1. The van der Waals surface area contributed by atoms with Crippen molar-refractivity contribution in [1.29, 1.82) is 0 Å². The van der Waals surface area contributed by atoms with Gasteiger partial charge in [0.1, 0.15) is 36.9 Å². The molecular weight excluding hydrogens is 1090 g/mol. The van der Waals surface area contributed by atoms with Crippen LogP contribution in [-0.2, 0) is 68.5 Å².